The highest BCUT2D eigenvalue weighted by atomic mass is 32.2. The molecular weight excluding hydrogens is 426 g/mol. The van der Waals surface area contributed by atoms with Crippen molar-refractivity contribution in [3.8, 4) is 11.5 Å². The van der Waals surface area contributed by atoms with Crippen LogP contribution in [0.3, 0.4) is 0 Å². The van der Waals surface area contributed by atoms with Crippen molar-refractivity contribution >= 4 is 40.3 Å². The maximum absolute atomic E-state index is 12.4. The third-order valence-electron chi connectivity index (χ3n) is 5.23. The topological polar surface area (TPSA) is 38.8 Å². The van der Waals surface area contributed by atoms with Gasteiger partial charge >= 0.3 is 0 Å². The van der Waals surface area contributed by atoms with E-state index >= 15 is 0 Å². The zero-order chi connectivity index (χ0) is 22.2. The van der Waals surface area contributed by atoms with E-state index in [1.165, 1.54) is 17.3 Å². The Morgan fingerprint density at radius 2 is 1.77 bits per heavy atom. The first-order valence-corrected chi connectivity index (χ1v) is 11.9. The Morgan fingerprint density at radius 1 is 1.06 bits per heavy atom. The van der Waals surface area contributed by atoms with Crippen molar-refractivity contribution in [1.29, 1.82) is 0 Å². The molecule has 1 amide bonds. The first kappa shape index (κ1) is 23.4. The Hall–Kier alpha value is -2.31. The van der Waals surface area contributed by atoms with Crippen LogP contribution in [0.4, 0.5) is 0 Å². The second-order valence-electron chi connectivity index (χ2n) is 7.43. The van der Waals surface area contributed by atoms with Crippen LogP contribution in [0.15, 0.2) is 53.4 Å². The Kier molecular flexibility index (Phi) is 8.55. The largest absolute Gasteiger partial charge is 0.493 e. The number of hydrogen-bond acceptors (Lipinski definition) is 5. The van der Waals surface area contributed by atoms with Gasteiger partial charge in [-0.1, -0.05) is 62.1 Å². The van der Waals surface area contributed by atoms with Crippen molar-refractivity contribution in [2.45, 2.75) is 39.5 Å². The van der Waals surface area contributed by atoms with Gasteiger partial charge in [-0.3, -0.25) is 9.69 Å². The van der Waals surface area contributed by atoms with Crippen LogP contribution in [0.2, 0.25) is 0 Å². The number of carbonyl (C=O) groups is 1. The molecule has 0 N–H and O–H groups in total. The van der Waals surface area contributed by atoms with Crippen molar-refractivity contribution < 1.29 is 14.3 Å². The molecule has 1 atom stereocenters. The van der Waals surface area contributed by atoms with E-state index in [2.05, 4.69) is 26.0 Å². The molecule has 2 aromatic carbocycles. The first-order valence-electron chi connectivity index (χ1n) is 10.7. The smallest absolute Gasteiger partial charge is 0.266 e. The zero-order valence-electron chi connectivity index (χ0n) is 18.3. The molecule has 0 aromatic heterocycles. The van der Waals surface area contributed by atoms with Crippen molar-refractivity contribution in [3.05, 3.63) is 64.6 Å². The number of carbonyl (C=O) groups excluding carboxylic acids is 1. The summed E-state index contributed by atoms with van der Waals surface area (Å²) >= 11 is 6.61. The van der Waals surface area contributed by atoms with Crippen LogP contribution in [0.5, 0.6) is 11.5 Å². The van der Waals surface area contributed by atoms with Gasteiger partial charge in [-0.05, 0) is 60.7 Å². The predicted molar refractivity (Wildman–Crippen MR) is 133 cm³/mol. The third-order valence-corrected chi connectivity index (χ3v) is 6.61. The number of hydrogen-bond donors (Lipinski definition) is 0. The van der Waals surface area contributed by atoms with Gasteiger partial charge in [0.25, 0.3) is 5.91 Å². The van der Waals surface area contributed by atoms with Gasteiger partial charge in [-0.15, -0.1) is 0 Å². The van der Waals surface area contributed by atoms with Crippen LogP contribution in [-0.4, -0.2) is 34.9 Å². The van der Waals surface area contributed by atoms with Crippen LogP contribution >= 0.6 is 24.0 Å². The zero-order valence-corrected chi connectivity index (χ0v) is 19.9. The standard InChI is InChI=1S/C25H29NO3S2/c1-4-18(3)20-10-12-21(13-11-20)28-14-7-15-29-22-9-6-8-19(16-22)17-23-24(27)26(5-2)25(30)31-23/h6,8-13,16-18H,4-5,7,14-15H2,1-3H3/b23-17-. The van der Waals surface area contributed by atoms with E-state index < -0.39 is 0 Å². The maximum Gasteiger partial charge on any atom is 0.266 e. The molecule has 4 nitrogen and oxygen atoms in total. The molecule has 1 fully saturated rings. The number of thioether (sulfide) groups is 1. The number of rotatable bonds is 10. The van der Waals surface area contributed by atoms with E-state index in [-0.39, 0.29) is 5.91 Å². The average Bonchev–Trinajstić information content (AvgIpc) is 3.05. The van der Waals surface area contributed by atoms with Crippen LogP contribution in [-0.2, 0) is 4.79 Å². The van der Waals surface area contributed by atoms with E-state index in [4.69, 9.17) is 21.7 Å². The quantitative estimate of drug-likeness (QED) is 0.240. The molecule has 0 radical (unpaired) electrons. The summed E-state index contributed by atoms with van der Waals surface area (Å²) in [4.78, 5) is 14.6. The van der Waals surface area contributed by atoms with Gasteiger partial charge in [0, 0.05) is 13.0 Å². The van der Waals surface area contributed by atoms with E-state index in [9.17, 15) is 4.79 Å². The summed E-state index contributed by atoms with van der Waals surface area (Å²) in [7, 11) is 0. The van der Waals surface area contributed by atoms with Gasteiger partial charge in [0.1, 0.15) is 15.8 Å². The van der Waals surface area contributed by atoms with Crippen molar-refractivity contribution in [2.24, 2.45) is 0 Å². The van der Waals surface area contributed by atoms with Gasteiger partial charge in [0.15, 0.2) is 0 Å². The third kappa shape index (κ3) is 6.34. The average molecular weight is 456 g/mol. The molecular formula is C25H29NO3S2. The fourth-order valence-corrected chi connectivity index (χ4v) is 4.57. The molecule has 6 heteroatoms. The highest BCUT2D eigenvalue weighted by Crippen LogP contribution is 2.32. The number of benzene rings is 2. The van der Waals surface area contributed by atoms with Gasteiger partial charge < -0.3 is 9.47 Å². The van der Waals surface area contributed by atoms with Crippen LogP contribution < -0.4 is 9.47 Å². The lowest BCUT2D eigenvalue weighted by Gasteiger charge is -2.11. The molecule has 0 spiro atoms. The van der Waals surface area contributed by atoms with Gasteiger partial charge in [-0.25, -0.2) is 0 Å². The molecule has 1 saturated heterocycles. The number of likely N-dealkylation sites (N-methyl/N-ethyl adjacent to an activating group) is 1. The normalized spacial score (nSPS) is 16.1. The molecule has 3 rings (SSSR count). The molecule has 0 bridgehead atoms. The summed E-state index contributed by atoms with van der Waals surface area (Å²) in [5.41, 5.74) is 2.27. The molecule has 1 unspecified atom stereocenters. The van der Waals surface area contributed by atoms with Crippen LogP contribution in [0.25, 0.3) is 6.08 Å². The second kappa shape index (κ2) is 11.3. The summed E-state index contributed by atoms with van der Waals surface area (Å²) in [5, 5.41) is 0. The van der Waals surface area contributed by atoms with E-state index in [0.29, 0.717) is 34.9 Å². The van der Waals surface area contributed by atoms with Crippen molar-refractivity contribution in [2.75, 3.05) is 19.8 Å². The van der Waals surface area contributed by atoms with Crippen LogP contribution in [0, 0.1) is 0 Å². The molecule has 1 heterocycles. The fourth-order valence-electron chi connectivity index (χ4n) is 3.19. The van der Waals surface area contributed by atoms with Gasteiger partial charge in [0.2, 0.25) is 0 Å². The number of thiocarbonyl (C=S) groups is 1. The molecule has 0 saturated carbocycles. The summed E-state index contributed by atoms with van der Waals surface area (Å²) in [6.45, 7) is 8.11. The lowest BCUT2D eigenvalue weighted by atomic mass is 9.99. The molecule has 1 aliphatic heterocycles. The number of amides is 1. The van der Waals surface area contributed by atoms with Crippen LogP contribution in [0.1, 0.15) is 50.7 Å². The summed E-state index contributed by atoms with van der Waals surface area (Å²) < 4.78 is 12.3. The summed E-state index contributed by atoms with van der Waals surface area (Å²) in [6, 6.07) is 16.1. The molecule has 2 aromatic rings. The fraction of sp³-hybridized carbons (Fsp3) is 0.360. The summed E-state index contributed by atoms with van der Waals surface area (Å²) in [6.07, 6.45) is 3.79. The Bertz CT molecular complexity index is 940. The summed E-state index contributed by atoms with van der Waals surface area (Å²) in [5.74, 6) is 2.20. The SMILES string of the molecule is CCC(C)c1ccc(OCCCOc2cccc(/C=C3\SC(=S)N(CC)C3=O)c2)cc1. The minimum absolute atomic E-state index is 0.0295. The second-order valence-corrected chi connectivity index (χ2v) is 9.10. The Labute approximate surface area is 194 Å². The molecule has 1 aliphatic rings. The lowest BCUT2D eigenvalue weighted by Crippen LogP contribution is -2.27. The first-order chi connectivity index (χ1) is 15.0. The molecule has 31 heavy (non-hydrogen) atoms. The van der Waals surface area contributed by atoms with Crippen molar-refractivity contribution in [3.63, 3.8) is 0 Å². The highest BCUT2D eigenvalue weighted by Gasteiger charge is 2.30. The minimum atomic E-state index is -0.0295. The lowest BCUT2D eigenvalue weighted by molar-refractivity contribution is -0.121. The molecule has 164 valence electrons. The van der Waals surface area contributed by atoms with E-state index in [0.717, 1.165) is 29.9 Å². The highest BCUT2D eigenvalue weighted by molar-refractivity contribution is 8.26. The Morgan fingerprint density at radius 3 is 2.42 bits per heavy atom. The van der Waals surface area contributed by atoms with Gasteiger partial charge in [0.05, 0.1) is 18.1 Å². The number of nitrogens with zero attached hydrogens (tertiary/aromatic N) is 1. The minimum Gasteiger partial charge on any atom is -0.493 e. The Balaban J connectivity index is 1.46. The number of ether oxygens (including phenoxy) is 2. The molecule has 0 aliphatic carbocycles. The van der Waals surface area contributed by atoms with Gasteiger partial charge in [-0.2, -0.15) is 0 Å². The monoisotopic (exact) mass is 455 g/mol. The van der Waals surface area contributed by atoms with E-state index in [1.807, 2.05) is 49.4 Å². The maximum atomic E-state index is 12.4. The van der Waals surface area contributed by atoms with Crippen molar-refractivity contribution in [1.82, 2.24) is 4.90 Å². The predicted octanol–water partition coefficient (Wildman–Crippen LogP) is 6.27. The van der Waals surface area contributed by atoms with E-state index in [1.54, 1.807) is 4.90 Å².